The van der Waals surface area contributed by atoms with E-state index in [1.807, 2.05) is 48.7 Å². The number of nitrogens with zero attached hydrogens (tertiary/aromatic N) is 2. The summed E-state index contributed by atoms with van der Waals surface area (Å²) in [6.45, 7) is 0.703. The molecule has 0 saturated heterocycles. The van der Waals surface area contributed by atoms with E-state index in [2.05, 4.69) is 10.3 Å². The summed E-state index contributed by atoms with van der Waals surface area (Å²) >= 11 is 6.08. The first kappa shape index (κ1) is 15.4. The highest BCUT2D eigenvalue weighted by molar-refractivity contribution is 6.29. The lowest BCUT2D eigenvalue weighted by molar-refractivity contribution is -0.121. The van der Waals surface area contributed by atoms with Crippen molar-refractivity contribution in [2.75, 3.05) is 6.61 Å². The van der Waals surface area contributed by atoms with Crippen molar-refractivity contribution in [3.8, 4) is 5.75 Å². The Balaban J connectivity index is 1.47. The van der Waals surface area contributed by atoms with Crippen LogP contribution in [0.5, 0.6) is 5.75 Å². The Bertz CT molecular complexity index is 802. The van der Waals surface area contributed by atoms with Crippen LogP contribution < -0.4 is 10.1 Å². The van der Waals surface area contributed by atoms with Gasteiger partial charge in [0.2, 0.25) is 5.91 Å². The predicted octanol–water partition coefficient (Wildman–Crippen LogP) is 3.07. The molecule has 3 aromatic rings. The molecular weight excluding hydrogens is 314 g/mol. The lowest BCUT2D eigenvalue weighted by Gasteiger charge is -2.06. The number of fused-ring (bicyclic) bond motifs is 1. The molecule has 0 aliphatic rings. The third-order valence-corrected chi connectivity index (χ3v) is 3.61. The molecule has 0 bridgehead atoms. The molecule has 0 aliphatic heterocycles. The van der Waals surface area contributed by atoms with E-state index in [0.717, 1.165) is 17.1 Å². The van der Waals surface area contributed by atoms with Crippen molar-refractivity contribution in [2.45, 2.75) is 13.0 Å². The van der Waals surface area contributed by atoms with Crippen LogP contribution >= 0.6 is 11.6 Å². The molecule has 0 fully saturated rings. The summed E-state index contributed by atoms with van der Waals surface area (Å²) < 4.78 is 7.27. The number of carbonyl (C=O) groups excluding carboxylic acids is 1. The Labute approximate surface area is 138 Å². The van der Waals surface area contributed by atoms with Gasteiger partial charge in [0.1, 0.15) is 16.5 Å². The summed E-state index contributed by atoms with van der Waals surface area (Å²) in [5, 5.41) is 3.41. The Morgan fingerprint density at radius 3 is 2.78 bits per heavy atom. The number of hydrogen-bond donors (Lipinski definition) is 1. The van der Waals surface area contributed by atoms with Gasteiger partial charge in [-0.25, -0.2) is 4.98 Å². The van der Waals surface area contributed by atoms with Gasteiger partial charge in [-0.15, -0.1) is 0 Å². The van der Waals surface area contributed by atoms with E-state index in [1.165, 1.54) is 0 Å². The highest BCUT2D eigenvalue weighted by Crippen LogP contribution is 2.13. The number of ether oxygens (including phenoxy) is 1. The first-order valence-electron chi connectivity index (χ1n) is 7.29. The second-order valence-electron chi connectivity index (χ2n) is 5.00. The minimum absolute atomic E-state index is 0.0796. The highest BCUT2D eigenvalue weighted by Gasteiger charge is 2.06. The number of pyridine rings is 1. The second-order valence-corrected chi connectivity index (χ2v) is 5.38. The molecule has 0 aliphatic carbocycles. The molecule has 118 valence electrons. The molecule has 0 unspecified atom stereocenters. The molecule has 1 N–H and O–H groups in total. The first-order chi connectivity index (χ1) is 11.2. The smallest absolute Gasteiger partial charge is 0.223 e. The largest absolute Gasteiger partial charge is 0.493 e. The van der Waals surface area contributed by atoms with Crippen molar-refractivity contribution >= 4 is 23.2 Å². The molecule has 1 amide bonds. The van der Waals surface area contributed by atoms with Crippen LogP contribution in [0, 0.1) is 0 Å². The van der Waals surface area contributed by atoms with Crippen molar-refractivity contribution in [1.82, 2.24) is 14.7 Å². The van der Waals surface area contributed by atoms with E-state index in [-0.39, 0.29) is 5.91 Å². The number of benzene rings is 1. The van der Waals surface area contributed by atoms with Gasteiger partial charge in [0.25, 0.3) is 0 Å². The molecule has 2 heterocycles. The van der Waals surface area contributed by atoms with E-state index in [0.29, 0.717) is 24.7 Å². The van der Waals surface area contributed by atoms with Crippen molar-refractivity contribution in [1.29, 1.82) is 0 Å². The van der Waals surface area contributed by atoms with Crippen molar-refractivity contribution in [3.05, 3.63) is 65.6 Å². The fourth-order valence-electron chi connectivity index (χ4n) is 2.17. The molecule has 0 saturated carbocycles. The van der Waals surface area contributed by atoms with Crippen molar-refractivity contribution < 1.29 is 9.53 Å². The third kappa shape index (κ3) is 4.02. The molecule has 0 radical (unpaired) electrons. The summed E-state index contributed by atoms with van der Waals surface area (Å²) in [6, 6.07) is 14.9. The molecule has 0 atom stereocenters. The number of hydrogen-bond acceptors (Lipinski definition) is 3. The minimum atomic E-state index is -0.0796. The maximum Gasteiger partial charge on any atom is 0.223 e. The normalized spacial score (nSPS) is 10.7. The Kier molecular flexibility index (Phi) is 4.78. The number of amides is 1. The van der Waals surface area contributed by atoms with Crippen LogP contribution in [0.4, 0.5) is 0 Å². The topological polar surface area (TPSA) is 55.6 Å². The van der Waals surface area contributed by atoms with E-state index < -0.39 is 0 Å². The van der Waals surface area contributed by atoms with E-state index in [1.54, 1.807) is 10.5 Å². The van der Waals surface area contributed by atoms with Gasteiger partial charge in [0.05, 0.1) is 25.3 Å². The molecule has 3 rings (SSSR count). The van der Waals surface area contributed by atoms with Crippen LogP contribution in [-0.2, 0) is 11.3 Å². The Hall–Kier alpha value is -2.53. The summed E-state index contributed by atoms with van der Waals surface area (Å²) in [5.41, 5.74) is 1.52. The van der Waals surface area contributed by atoms with Crippen molar-refractivity contribution in [2.24, 2.45) is 0 Å². The number of aromatic nitrogens is 2. The van der Waals surface area contributed by atoms with Gasteiger partial charge in [-0.3, -0.25) is 9.20 Å². The number of carbonyl (C=O) groups is 1. The van der Waals surface area contributed by atoms with Gasteiger partial charge in [-0.1, -0.05) is 35.9 Å². The fraction of sp³-hybridized carbons (Fsp3) is 0.176. The maximum absolute atomic E-state index is 11.8. The second kappa shape index (κ2) is 7.15. The van der Waals surface area contributed by atoms with E-state index >= 15 is 0 Å². The predicted molar refractivity (Wildman–Crippen MR) is 88.6 cm³/mol. The van der Waals surface area contributed by atoms with Crippen molar-refractivity contribution in [3.63, 3.8) is 0 Å². The number of rotatable bonds is 6. The lowest BCUT2D eigenvalue weighted by atomic mass is 10.3. The Morgan fingerprint density at radius 1 is 1.17 bits per heavy atom. The number of imidazole rings is 1. The monoisotopic (exact) mass is 329 g/mol. The van der Waals surface area contributed by atoms with Gasteiger partial charge in [0.15, 0.2) is 0 Å². The minimum Gasteiger partial charge on any atom is -0.493 e. The zero-order valence-corrected chi connectivity index (χ0v) is 13.2. The maximum atomic E-state index is 11.8. The van der Waals surface area contributed by atoms with Crippen LogP contribution in [-0.4, -0.2) is 21.9 Å². The van der Waals surface area contributed by atoms with E-state index in [4.69, 9.17) is 16.3 Å². The quantitative estimate of drug-likeness (QED) is 0.707. The average Bonchev–Trinajstić information content (AvgIpc) is 2.99. The number of halogens is 1. The average molecular weight is 330 g/mol. The van der Waals surface area contributed by atoms with Crippen LogP contribution in [0.25, 0.3) is 5.65 Å². The summed E-state index contributed by atoms with van der Waals surface area (Å²) in [4.78, 5) is 16.2. The SMILES string of the molecule is O=C(CCOc1ccccc1)NCc1cn2c(Cl)cccc2n1. The summed E-state index contributed by atoms with van der Waals surface area (Å²) in [7, 11) is 0. The summed E-state index contributed by atoms with van der Waals surface area (Å²) in [5.74, 6) is 0.680. The van der Waals surface area contributed by atoms with Gasteiger partial charge < -0.3 is 10.1 Å². The standard InChI is InChI=1S/C17H16ClN3O2/c18-15-7-4-8-16-20-13(12-21(15)16)11-19-17(22)9-10-23-14-5-2-1-3-6-14/h1-8,12H,9-11H2,(H,19,22). The number of nitrogens with one attached hydrogen (secondary N) is 1. The first-order valence-corrected chi connectivity index (χ1v) is 7.67. The van der Waals surface area contributed by atoms with Gasteiger partial charge >= 0.3 is 0 Å². The molecule has 23 heavy (non-hydrogen) atoms. The molecular formula is C17H16ClN3O2. The lowest BCUT2D eigenvalue weighted by Crippen LogP contribution is -2.24. The molecule has 2 aromatic heterocycles. The fourth-order valence-corrected chi connectivity index (χ4v) is 2.38. The van der Waals surface area contributed by atoms with Gasteiger partial charge in [0, 0.05) is 6.20 Å². The molecule has 0 spiro atoms. The third-order valence-electron chi connectivity index (χ3n) is 3.30. The van der Waals surface area contributed by atoms with Crippen LogP contribution in [0.15, 0.2) is 54.7 Å². The van der Waals surface area contributed by atoms with Crippen LogP contribution in [0.2, 0.25) is 5.15 Å². The highest BCUT2D eigenvalue weighted by atomic mass is 35.5. The van der Waals surface area contributed by atoms with Gasteiger partial charge in [-0.05, 0) is 24.3 Å². The van der Waals surface area contributed by atoms with Crippen LogP contribution in [0.3, 0.4) is 0 Å². The number of para-hydroxylation sites is 1. The molecule has 5 nitrogen and oxygen atoms in total. The molecule has 1 aromatic carbocycles. The summed E-state index contributed by atoms with van der Waals surface area (Å²) in [6.07, 6.45) is 2.11. The van der Waals surface area contributed by atoms with Crippen LogP contribution in [0.1, 0.15) is 12.1 Å². The van der Waals surface area contributed by atoms with E-state index in [9.17, 15) is 4.79 Å². The molecule has 6 heteroatoms. The Morgan fingerprint density at radius 2 is 2.00 bits per heavy atom. The van der Waals surface area contributed by atoms with Gasteiger partial charge in [-0.2, -0.15) is 0 Å². The zero-order valence-electron chi connectivity index (χ0n) is 12.4. The zero-order chi connectivity index (χ0) is 16.1.